The van der Waals surface area contributed by atoms with Crippen molar-refractivity contribution in [2.45, 2.75) is 88.6 Å². The SMILES string of the molecule is CC(C)(C)[C@H](NC(=O)C(F)(F)F)C(=O)N1C[C@H]2[C@@H]([C@H]1C(=O)N[C@H](C#N)CC1CC3(CC(F)(F)C3)NC1=O)[C@H]1C=C[C@@H]2C1. The van der Waals surface area contributed by atoms with Crippen molar-refractivity contribution in [2.24, 2.45) is 35.0 Å². The molecule has 5 aliphatic rings. The van der Waals surface area contributed by atoms with E-state index >= 15 is 0 Å². The first-order valence-electron chi connectivity index (χ1n) is 14.1. The Morgan fingerprint density at radius 1 is 1.14 bits per heavy atom. The Hall–Kier alpha value is -3.24. The normalized spacial score (nSPS) is 33.4. The van der Waals surface area contributed by atoms with Crippen LogP contribution in [0.4, 0.5) is 22.0 Å². The summed E-state index contributed by atoms with van der Waals surface area (Å²) in [5, 5.41) is 16.9. The van der Waals surface area contributed by atoms with E-state index in [4.69, 9.17) is 0 Å². The van der Waals surface area contributed by atoms with E-state index in [0.717, 1.165) is 6.42 Å². The van der Waals surface area contributed by atoms with Gasteiger partial charge in [-0.15, -0.1) is 0 Å². The van der Waals surface area contributed by atoms with Gasteiger partial charge in [0.15, 0.2) is 0 Å². The lowest BCUT2D eigenvalue weighted by atomic mass is 9.71. The van der Waals surface area contributed by atoms with Crippen molar-refractivity contribution >= 4 is 23.6 Å². The van der Waals surface area contributed by atoms with E-state index in [1.165, 1.54) is 25.7 Å². The molecule has 0 aromatic rings. The summed E-state index contributed by atoms with van der Waals surface area (Å²) in [7, 11) is 0. The van der Waals surface area contributed by atoms with Gasteiger partial charge in [-0.05, 0) is 48.3 Å². The Balaban J connectivity index is 1.34. The first-order valence-corrected chi connectivity index (χ1v) is 14.1. The fraction of sp³-hybridized carbons (Fsp3) is 0.750. The Kier molecular flexibility index (Phi) is 7.13. The van der Waals surface area contributed by atoms with Crippen molar-refractivity contribution in [2.75, 3.05) is 6.54 Å². The number of rotatable bonds is 6. The third kappa shape index (κ3) is 5.35. The van der Waals surface area contributed by atoms with Crippen molar-refractivity contribution < 1.29 is 41.1 Å². The molecule has 4 amide bonds. The Bertz CT molecular complexity index is 1250. The molecule has 8 atom stereocenters. The summed E-state index contributed by atoms with van der Waals surface area (Å²) < 4.78 is 66.4. The van der Waals surface area contributed by atoms with Crippen LogP contribution in [0.2, 0.25) is 0 Å². The second-order valence-electron chi connectivity index (χ2n) is 13.7. The number of fused-ring (bicyclic) bond motifs is 5. The zero-order valence-electron chi connectivity index (χ0n) is 23.4. The third-order valence-corrected chi connectivity index (χ3v) is 9.58. The molecule has 1 spiro atoms. The molecular formula is C28H34F5N5O4. The molecule has 3 N–H and O–H groups in total. The summed E-state index contributed by atoms with van der Waals surface area (Å²) in [5.74, 6) is -8.30. The number of amides is 4. The van der Waals surface area contributed by atoms with Gasteiger partial charge in [-0.25, -0.2) is 8.78 Å². The van der Waals surface area contributed by atoms with Crippen LogP contribution in [0.1, 0.15) is 52.9 Å². The predicted octanol–water partition coefficient (Wildman–Crippen LogP) is 2.43. The van der Waals surface area contributed by atoms with E-state index in [1.807, 2.05) is 23.5 Å². The molecular weight excluding hydrogens is 565 g/mol. The van der Waals surface area contributed by atoms with Gasteiger partial charge in [0, 0.05) is 25.3 Å². The first-order chi connectivity index (χ1) is 19.3. The molecule has 0 aromatic carbocycles. The Morgan fingerprint density at radius 3 is 2.36 bits per heavy atom. The van der Waals surface area contributed by atoms with E-state index in [-0.39, 0.29) is 43.1 Å². The molecule has 230 valence electrons. The average Bonchev–Trinajstić information content (AvgIpc) is 3.60. The van der Waals surface area contributed by atoms with Crippen LogP contribution >= 0.6 is 0 Å². The number of nitrogens with one attached hydrogen (secondary N) is 3. The van der Waals surface area contributed by atoms with Crippen LogP contribution in [0.15, 0.2) is 12.2 Å². The number of likely N-dealkylation sites (tertiary alicyclic amines) is 1. The molecule has 42 heavy (non-hydrogen) atoms. The van der Waals surface area contributed by atoms with Crippen LogP contribution in [0, 0.1) is 46.3 Å². The first kappa shape index (κ1) is 30.2. The number of hydrogen-bond donors (Lipinski definition) is 3. The van der Waals surface area contributed by atoms with Crippen LogP contribution in [0.25, 0.3) is 0 Å². The van der Waals surface area contributed by atoms with Gasteiger partial charge in [-0.2, -0.15) is 18.4 Å². The number of nitriles is 1. The van der Waals surface area contributed by atoms with Crippen LogP contribution in [-0.4, -0.2) is 70.8 Å². The van der Waals surface area contributed by atoms with Gasteiger partial charge in [-0.1, -0.05) is 32.9 Å². The highest BCUT2D eigenvalue weighted by molar-refractivity contribution is 5.94. The lowest BCUT2D eigenvalue weighted by Crippen LogP contribution is -2.60. The summed E-state index contributed by atoms with van der Waals surface area (Å²) in [6.45, 7) is 4.62. The van der Waals surface area contributed by atoms with E-state index in [1.54, 1.807) is 0 Å². The molecule has 2 saturated heterocycles. The largest absolute Gasteiger partial charge is 0.471 e. The van der Waals surface area contributed by atoms with Crippen molar-refractivity contribution in [3.63, 3.8) is 0 Å². The van der Waals surface area contributed by atoms with Crippen LogP contribution in [0.5, 0.6) is 0 Å². The number of allylic oxidation sites excluding steroid dienone is 2. The highest BCUT2D eigenvalue weighted by Crippen LogP contribution is 2.55. The molecule has 9 nitrogen and oxygen atoms in total. The summed E-state index contributed by atoms with van der Waals surface area (Å²) >= 11 is 0. The number of halogens is 5. The standard InChI is InChI=1S/C28H34F5N5O4/c1-25(2,3)20(36-24(42)28(31,32)33)23(41)38-10-17-13-4-5-14(6-13)18(17)19(38)22(40)35-16(9-34)7-15-8-26(37-21(15)39)11-27(29,30)12-26/h4-5,13-20H,6-8,10-12H2,1-3H3,(H,35,40)(H,36,42)(H,37,39)/t13-,14+,15?,16+,17-,18+,19+,20-/m1/s1. The molecule has 1 unspecified atom stereocenters. The van der Waals surface area contributed by atoms with E-state index in [2.05, 4.69) is 10.6 Å². The maximum Gasteiger partial charge on any atom is 0.471 e. The van der Waals surface area contributed by atoms with Crippen molar-refractivity contribution in [3.8, 4) is 6.07 Å². The second kappa shape index (κ2) is 9.91. The lowest BCUT2D eigenvalue weighted by Gasteiger charge is -2.44. The van der Waals surface area contributed by atoms with Crippen LogP contribution in [-0.2, 0) is 19.2 Å². The van der Waals surface area contributed by atoms with Gasteiger partial charge < -0.3 is 20.9 Å². The van der Waals surface area contributed by atoms with E-state index in [0.29, 0.717) is 0 Å². The van der Waals surface area contributed by atoms with Gasteiger partial charge in [0.05, 0.1) is 11.6 Å². The summed E-state index contributed by atoms with van der Waals surface area (Å²) in [6.07, 6.45) is -1.45. The Morgan fingerprint density at radius 2 is 1.79 bits per heavy atom. The summed E-state index contributed by atoms with van der Waals surface area (Å²) in [4.78, 5) is 53.2. The van der Waals surface area contributed by atoms with Gasteiger partial charge >= 0.3 is 12.1 Å². The minimum absolute atomic E-state index is 0.0484. The summed E-state index contributed by atoms with van der Waals surface area (Å²) in [6, 6.07) is -1.91. The number of nitrogens with zero attached hydrogens (tertiary/aromatic N) is 2. The van der Waals surface area contributed by atoms with Gasteiger partial charge in [0.25, 0.3) is 5.92 Å². The molecule has 4 fully saturated rings. The zero-order valence-corrected chi connectivity index (χ0v) is 23.4. The maximum absolute atomic E-state index is 13.8. The van der Waals surface area contributed by atoms with Gasteiger partial charge in [-0.3, -0.25) is 19.2 Å². The number of alkyl halides is 5. The smallest absolute Gasteiger partial charge is 0.350 e. The monoisotopic (exact) mass is 599 g/mol. The topological polar surface area (TPSA) is 131 Å². The quantitative estimate of drug-likeness (QED) is 0.319. The fourth-order valence-corrected chi connectivity index (χ4v) is 7.83. The third-order valence-electron chi connectivity index (χ3n) is 9.58. The molecule has 2 aliphatic heterocycles. The summed E-state index contributed by atoms with van der Waals surface area (Å²) in [5.41, 5.74) is -2.15. The zero-order chi connectivity index (χ0) is 31.0. The van der Waals surface area contributed by atoms with Crippen molar-refractivity contribution in [1.82, 2.24) is 20.9 Å². The lowest BCUT2D eigenvalue weighted by molar-refractivity contribution is -0.176. The highest BCUT2D eigenvalue weighted by atomic mass is 19.4. The van der Waals surface area contributed by atoms with E-state index < -0.39 is 83.6 Å². The molecule has 3 aliphatic carbocycles. The van der Waals surface area contributed by atoms with Gasteiger partial charge in [0.2, 0.25) is 17.7 Å². The number of carbonyl (C=O) groups is 4. The molecule has 2 bridgehead atoms. The molecule has 2 saturated carbocycles. The number of hydrogen-bond acceptors (Lipinski definition) is 5. The van der Waals surface area contributed by atoms with Crippen molar-refractivity contribution in [3.05, 3.63) is 12.2 Å². The average molecular weight is 600 g/mol. The van der Waals surface area contributed by atoms with Crippen molar-refractivity contribution in [1.29, 1.82) is 5.26 Å². The van der Waals surface area contributed by atoms with E-state index in [9.17, 15) is 46.4 Å². The van der Waals surface area contributed by atoms with Crippen LogP contribution in [0.3, 0.4) is 0 Å². The highest BCUT2D eigenvalue weighted by Gasteiger charge is 2.62. The Labute approximate surface area is 239 Å². The maximum atomic E-state index is 13.8. The molecule has 2 heterocycles. The molecule has 0 aromatic heterocycles. The molecule has 0 radical (unpaired) electrons. The number of carbonyl (C=O) groups excluding carboxylic acids is 4. The molecule has 14 heteroatoms. The predicted molar refractivity (Wildman–Crippen MR) is 136 cm³/mol. The van der Waals surface area contributed by atoms with Crippen LogP contribution < -0.4 is 16.0 Å². The second-order valence-corrected chi connectivity index (χ2v) is 13.7. The molecule has 5 rings (SSSR count). The minimum atomic E-state index is -5.22. The fourth-order valence-electron chi connectivity index (χ4n) is 7.83. The van der Waals surface area contributed by atoms with Gasteiger partial charge in [0.1, 0.15) is 18.1 Å². The minimum Gasteiger partial charge on any atom is -0.350 e.